The van der Waals surface area contributed by atoms with Crippen LogP contribution in [0.4, 0.5) is 11.4 Å². The molecule has 1 fully saturated rings. The van der Waals surface area contributed by atoms with Gasteiger partial charge >= 0.3 is 11.9 Å². The van der Waals surface area contributed by atoms with Gasteiger partial charge in [-0.15, -0.1) is 0 Å². The fourth-order valence-corrected chi connectivity index (χ4v) is 3.30. The van der Waals surface area contributed by atoms with Crippen LogP contribution in [0.2, 0.25) is 0 Å². The molecule has 1 N–H and O–H groups in total. The Labute approximate surface area is 174 Å². The van der Waals surface area contributed by atoms with Crippen LogP contribution in [0, 0.1) is 16.0 Å². The largest absolute Gasteiger partial charge is 0.469 e. The Morgan fingerprint density at radius 3 is 2.77 bits per heavy atom. The van der Waals surface area contributed by atoms with Gasteiger partial charge in [0.05, 0.1) is 17.6 Å². The van der Waals surface area contributed by atoms with Crippen molar-refractivity contribution in [2.75, 3.05) is 38.3 Å². The third-order valence-corrected chi connectivity index (χ3v) is 4.85. The number of carbonyl (C=O) groups excluding carboxylic acids is 3. The van der Waals surface area contributed by atoms with Gasteiger partial charge in [-0.25, -0.2) is 4.79 Å². The molecule has 1 aromatic carbocycles. The van der Waals surface area contributed by atoms with E-state index in [1.54, 1.807) is 6.07 Å². The fraction of sp³-hybridized carbons (Fsp3) is 0.550. The number of rotatable bonds is 9. The number of benzene rings is 1. The predicted molar refractivity (Wildman–Crippen MR) is 108 cm³/mol. The van der Waals surface area contributed by atoms with Crippen LogP contribution in [0.15, 0.2) is 18.2 Å². The van der Waals surface area contributed by atoms with Gasteiger partial charge in [-0.3, -0.25) is 19.7 Å². The molecule has 1 amide bonds. The maximum atomic E-state index is 12.2. The van der Waals surface area contributed by atoms with Crippen molar-refractivity contribution in [2.45, 2.75) is 32.6 Å². The average molecular weight is 421 g/mol. The van der Waals surface area contributed by atoms with Crippen molar-refractivity contribution in [3.63, 3.8) is 0 Å². The lowest BCUT2D eigenvalue weighted by Gasteiger charge is -2.32. The van der Waals surface area contributed by atoms with Gasteiger partial charge in [0.2, 0.25) is 0 Å². The van der Waals surface area contributed by atoms with Crippen molar-refractivity contribution in [3.8, 4) is 0 Å². The molecule has 1 atom stereocenters. The monoisotopic (exact) mass is 421 g/mol. The molecule has 10 heteroatoms. The fourth-order valence-electron chi connectivity index (χ4n) is 3.30. The summed E-state index contributed by atoms with van der Waals surface area (Å²) in [5.41, 5.74) is 0.325. The molecule has 1 saturated heterocycles. The number of esters is 2. The number of nitro benzene ring substituents is 1. The maximum absolute atomic E-state index is 12.2. The van der Waals surface area contributed by atoms with Crippen LogP contribution in [0.25, 0.3) is 0 Å². The van der Waals surface area contributed by atoms with Crippen molar-refractivity contribution < 1.29 is 28.8 Å². The van der Waals surface area contributed by atoms with Crippen LogP contribution in [0.1, 0.15) is 43.0 Å². The van der Waals surface area contributed by atoms with Crippen LogP contribution in [0.5, 0.6) is 0 Å². The molecule has 0 aliphatic carbocycles. The van der Waals surface area contributed by atoms with E-state index in [9.17, 15) is 24.5 Å². The minimum absolute atomic E-state index is 0.00833. The molecule has 0 radical (unpaired) electrons. The number of nitrogens with one attached hydrogen (secondary N) is 1. The second kappa shape index (κ2) is 11.1. The first-order valence-corrected chi connectivity index (χ1v) is 9.85. The molecule has 10 nitrogen and oxygen atoms in total. The second-order valence-electron chi connectivity index (χ2n) is 7.26. The lowest BCUT2D eigenvalue weighted by Crippen LogP contribution is -2.34. The summed E-state index contributed by atoms with van der Waals surface area (Å²) in [5, 5.41) is 14.0. The first kappa shape index (κ1) is 23.1. The van der Waals surface area contributed by atoms with E-state index < -0.39 is 23.4 Å². The number of methoxy groups -OCH3 is 1. The summed E-state index contributed by atoms with van der Waals surface area (Å²) < 4.78 is 9.44. The summed E-state index contributed by atoms with van der Waals surface area (Å²) in [6.07, 6.45) is 2.60. The standard InChI is InChI=1S/C20H27N3O7/c1-14-5-4-10-22(12-14)16-8-7-15(11-17(16)23(27)28)20(26)30-13-18(24)21-9-3-6-19(25)29-2/h7-8,11,14H,3-6,9-10,12-13H2,1-2H3,(H,21,24)/t14-/m0/s1. The summed E-state index contributed by atoms with van der Waals surface area (Å²) in [4.78, 5) is 47.9. The zero-order chi connectivity index (χ0) is 22.1. The van der Waals surface area contributed by atoms with Crippen LogP contribution in [-0.4, -0.2) is 56.1 Å². The number of hydrogen-bond donors (Lipinski definition) is 1. The van der Waals surface area contributed by atoms with E-state index in [0.717, 1.165) is 25.9 Å². The lowest BCUT2D eigenvalue weighted by molar-refractivity contribution is -0.384. The van der Waals surface area contributed by atoms with Crippen LogP contribution < -0.4 is 10.2 Å². The van der Waals surface area contributed by atoms with Gasteiger partial charge in [-0.2, -0.15) is 0 Å². The molecule has 2 rings (SSSR count). The maximum Gasteiger partial charge on any atom is 0.338 e. The number of nitro groups is 1. The Kier molecular flexibility index (Phi) is 8.57. The summed E-state index contributed by atoms with van der Waals surface area (Å²) in [6.45, 7) is 3.27. The summed E-state index contributed by atoms with van der Waals surface area (Å²) in [6, 6.07) is 4.21. The zero-order valence-electron chi connectivity index (χ0n) is 17.2. The Hall–Kier alpha value is -3.17. The first-order chi connectivity index (χ1) is 14.3. The Morgan fingerprint density at radius 1 is 1.33 bits per heavy atom. The number of amides is 1. The molecule has 0 aromatic heterocycles. The molecule has 30 heavy (non-hydrogen) atoms. The van der Waals surface area contributed by atoms with Crippen molar-refractivity contribution in [2.24, 2.45) is 5.92 Å². The minimum Gasteiger partial charge on any atom is -0.469 e. The SMILES string of the molecule is COC(=O)CCCNC(=O)COC(=O)c1ccc(N2CCC[C@H](C)C2)c([N+](=O)[O-])c1. The third kappa shape index (κ3) is 6.71. The van der Waals surface area contributed by atoms with E-state index in [2.05, 4.69) is 17.0 Å². The van der Waals surface area contributed by atoms with Gasteiger partial charge in [-0.05, 0) is 37.3 Å². The van der Waals surface area contributed by atoms with E-state index >= 15 is 0 Å². The normalized spacial score (nSPS) is 15.9. The highest BCUT2D eigenvalue weighted by Crippen LogP contribution is 2.32. The molecule has 1 heterocycles. The molecule has 0 unspecified atom stereocenters. The molecular formula is C20H27N3O7. The van der Waals surface area contributed by atoms with Gasteiger partial charge in [-0.1, -0.05) is 6.92 Å². The van der Waals surface area contributed by atoms with Gasteiger partial charge in [0, 0.05) is 32.1 Å². The van der Waals surface area contributed by atoms with Gasteiger partial charge < -0.3 is 19.7 Å². The van der Waals surface area contributed by atoms with Crippen molar-refractivity contribution in [1.29, 1.82) is 0 Å². The van der Waals surface area contributed by atoms with E-state index in [0.29, 0.717) is 18.0 Å². The zero-order valence-corrected chi connectivity index (χ0v) is 17.2. The van der Waals surface area contributed by atoms with Crippen LogP contribution >= 0.6 is 0 Å². The molecule has 0 spiro atoms. The average Bonchev–Trinajstić information content (AvgIpc) is 2.74. The number of carbonyl (C=O) groups is 3. The lowest BCUT2D eigenvalue weighted by atomic mass is 9.99. The summed E-state index contributed by atoms with van der Waals surface area (Å²) >= 11 is 0. The smallest absolute Gasteiger partial charge is 0.338 e. The van der Waals surface area contributed by atoms with Gasteiger partial charge in [0.25, 0.3) is 11.6 Å². The Balaban J connectivity index is 1.92. The van der Waals surface area contributed by atoms with Crippen molar-refractivity contribution >= 4 is 29.2 Å². The summed E-state index contributed by atoms with van der Waals surface area (Å²) in [7, 11) is 1.28. The van der Waals surface area contributed by atoms with Gasteiger partial charge in [0.1, 0.15) is 5.69 Å². The molecule has 1 aliphatic rings. The summed E-state index contributed by atoms with van der Waals surface area (Å²) in [5.74, 6) is -1.28. The van der Waals surface area contributed by atoms with Crippen molar-refractivity contribution in [1.82, 2.24) is 5.32 Å². The molecule has 1 aliphatic heterocycles. The van der Waals surface area contributed by atoms with E-state index in [1.807, 2.05) is 4.90 Å². The second-order valence-corrected chi connectivity index (χ2v) is 7.26. The minimum atomic E-state index is -0.818. The highest BCUT2D eigenvalue weighted by molar-refractivity contribution is 5.93. The predicted octanol–water partition coefficient (Wildman–Crippen LogP) is 2.06. The molecule has 0 saturated carbocycles. The van der Waals surface area contributed by atoms with E-state index in [-0.39, 0.29) is 30.2 Å². The number of ether oxygens (including phenoxy) is 2. The van der Waals surface area contributed by atoms with Crippen LogP contribution in [0.3, 0.4) is 0 Å². The molecule has 1 aromatic rings. The highest BCUT2D eigenvalue weighted by Gasteiger charge is 2.25. The number of anilines is 1. The number of nitrogens with zero attached hydrogens (tertiary/aromatic N) is 2. The quantitative estimate of drug-likeness (QED) is 0.278. The highest BCUT2D eigenvalue weighted by atomic mass is 16.6. The Morgan fingerprint density at radius 2 is 2.10 bits per heavy atom. The topological polar surface area (TPSA) is 128 Å². The van der Waals surface area contributed by atoms with E-state index in [4.69, 9.17) is 4.74 Å². The van der Waals surface area contributed by atoms with Gasteiger partial charge in [0.15, 0.2) is 6.61 Å². The van der Waals surface area contributed by atoms with Crippen molar-refractivity contribution in [3.05, 3.63) is 33.9 Å². The number of hydrogen-bond acceptors (Lipinski definition) is 8. The molecule has 164 valence electrons. The van der Waals surface area contributed by atoms with E-state index in [1.165, 1.54) is 19.2 Å². The van der Waals surface area contributed by atoms with Crippen LogP contribution in [-0.2, 0) is 19.1 Å². The molecule has 0 bridgehead atoms. The first-order valence-electron chi connectivity index (χ1n) is 9.85. The molecular weight excluding hydrogens is 394 g/mol. The Bertz CT molecular complexity index is 797. The number of piperidine rings is 1. The third-order valence-electron chi connectivity index (χ3n) is 4.85.